The number of nitrogens with zero attached hydrogens (tertiary/aromatic N) is 2. The van der Waals surface area contributed by atoms with Crippen LogP contribution in [-0.2, 0) is 9.59 Å². The summed E-state index contributed by atoms with van der Waals surface area (Å²) in [6, 6.07) is 7.55. The van der Waals surface area contributed by atoms with Gasteiger partial charge in [0.05, 0.1) is 11.6 Å². The van der Waals surface area contributed by atoms with Crippen molar-refractivity contribution in [1.29, 1.82) is 0 Å². The summed E-state index contributed by atoms with van der Waals surface area (Å²) in [6.45, 7) is 13.7. The molecular formula is C26H40N2O3. The average molecular weight is 429 g/mol. The van der Waals surface area contributed by atoms with E-state index in [4.69, 9.17) is 0 Å². The first-order chi connectivity index (χ1) is 14.8. The molecule has 0 radical (unpaired) electrons. The Morgan fingerprint density at radius 3 is 2.06 bits per heavy atom. The van der Waals surface area contributed by atoms with Crippen LogP contribution in [0.2, 0.25) is 0 Å². The third-order valence-corrected chi connectivity index (χ3v) is 6.13. The van der Waals surface area contributed by atoms with Crippen molar-refractivity contribution < 1.29 is 14.7 Å². The minimum absolute atomic E-state index is 0.219. The van der Waals surface area contributed by atoms with Crippen LogP contribution in [0, 0.1) is 0 Å². The van der Waals surface area contributed by atoms with Crippen molar-refractivity contribution in [2.24, 2.45) is 0 Å². The summed E-state index contributed by atoms with van der Waals surface area (Å²) in [5, 5.41) is 10.5. The van der Waals surface area contributed by atoms with Crippen molar-refractivity contribution >= 4 is 11.7 Å². The van der Waals surface area contributed by atoms with E-state index in [2.05, 4.69) is 32.6 Å². The third kappa shape index (κ3) is 6.42. The molecular weight excluding hydrogens is 388 g/mol. The minimum atomic E-state index is -0.508. The van der Waals surface area contributed by atoms with E-state index in [1.807, 2.05) is 24.3 Å². The number of ketones is 1. The fraction of sp³-hybridized carbons (Fsp3) is 0.615. The number of hydrogen-bond donors (Lipinski definition) is 1. The van der Waals surface area contributed by atoms with E-state index in [1.54, 1.807) is 4.90 Å². The monoisotopic (exact) mass is 428 g/mol. The van der Waals surface area contributed by atoms with Gasteiger partial charge in [-0.2, -0.15) is 0 Å². The van der Waals surface area contributed by atoms with E-state index >= 15 is 0 Å². The molecule has 1 aromatic rings. The van der Waals surface area contributed by atoms with Gasteiger partial charge in [-0.3, -0.25) is 9.59 Å². The molecule has 0 bridgehead atoms. The summed E-state index contributed by atoms with van der Waals surface area (Å²) in [5.74, 6) is -0.668. The third-order valence-electron chi connectivity index (χ3n) is 6.13. The van der Waals surface area contributed by atoms with Gasteiger partial charge in [0.1, 0.15) is 0 Å². The quantitative estimate of drug-likeness (QED) is 0.458. The normalized spacial score (nSPS) is 16.8. The van der Waals surface area contributed by atoms with E-state index in [1.165, 1.54) is 38.2 Å². The van der Waals surface area contributed by atoms with Gasteiger partial charge >= 0.3 is 0 Å². The van der Waals surface area contributed by atoms with E-state index in [0.717, 1.165) is 31.6 Å². The fourth-order valence-corrected chi connectivity index (χ4v) is 4.22. The number of aliphatic hydroxyl groups is 1. The molecule has 1 atom stereocenters. The van der Waals surface area contributed by atoms with Crippen molar-refractivity contribution in [2.45, 2.75) is 78.7 Å². The first-order valence-electron chi connectivity index (χ1n) is 11.9. The Kier molecular flexibility index (Phi) is 9.76. The van der Waals surface area contributed by atoms with E-state index < -0.39 is 11.9 Å². The van der Waals surface area contributed by atoms with E-state index in [0.29, 0.717) is 12.5 Å². The summed E-state index contributed by atoms with van der Waals surface area (Å²) < 4.78 is 0. The molecule has 0 saturated heterocycles. The fourth-order valence-electron chi connectivity index (χ4n) is 4.22. The molecule has 1 aliphatic rings. The van der Waals surface area contributed by atoms with Crippen LogP contribution < -0.4 is 0 Å². The van der Waals surface area contributed by atoms with Gasteiger partial charge < -0.3 is 14.9 Å². The first-order valence-corrected chi connectivity index (χ1v) is 11.9. The number of aliphatic hydroxyl groups excluding tert-OH is 1. The summed E-state index contributed by atoms with van der Waals surface area (Å²) in [6.07, 6.45) is 5.50. The number of benzene rings is 1. The zero-order chi connectivity index (χ0) is 23.0. The number of Topliss-reactive ketones (excluding diaryl/α,β-unsaturated/α-hetero) is 1. The average Bonchev–Trinajstić information content (AvgIpc) is 3.00. The lowest BCUT2D eigenvalue weighted by atomic mass is 9.94. The molecule has 5 heteroatoms. The molecule has 0 aliphatic carbocycles. The lowest BCUT2D eigenvalue weighted by molar-refractivity contribution is -0.129. The van der Waals surface area contributed by atoms with Crippen LogP contribution in [0.4, 0.5) is 0 Å². The lowest BCUT2D eigenvalue weighted by Gasteiger charge is -2.28. The maximum atomic E-state index is 12.9. The molecule has 0 fully saturated rings. The number of rotatable bonds is 13. The maximum absolute atomic E-state index is 12.9. The minimum Gasteiger partial charge on any atom is -0.503 e. The highest BCUT2D eigenvalue weighted by molar-refractivity contribution is 6.08. The summed E-state index contributed by atoms with van der Waals surface area (Å²) in [4.78, 5) is 29.3. The zero-order valence-electron chi connectivity index (χ0n) is 20.0. The van der Waals surface area contributed by atoms with Crippen molar-refractivity contribution in [3.63, 3.8) is 0 Å². The van der Waals surface area contributed by atoms with Gasteiger partial charge in [-0.25, -0.2) is 0 Å². The van der Waals surface area contributed by atoms with Crippen LogP contribution in [0.1, 0.15) is 89.8 Å². The standard InChI is InChI=1S/C26H40N2O3/c1-6-8-15-27(16-9-7-2)17-10-18-28-24(23(20(5)29)25(30)26(28)31)22-13-11-21(12-14-22)19(3)4/h11-14,19,24,30H,6-10,15-18H2,1-5H3. The van der Waals surface area contributed by atoms with Crippen LogP contribution >= 0.6 is 0 Å². The Labute approximate surface area is 188 Å². The van der Waals surface area contributed by atoms with Crippen LogP contribution in [0.25, 0.3) is 0 Å². The summed E-state index contributed by atoms with van der Waals surface area (Å²) in [5.41, 5.74) is 2.30. The van der Waals surface area contributed by atoms with Gasteiger partial charge in [0, 0.05) is 6.54 Å². The number of carbonyl (C=O) groups is 2. The molecule has 1 unspecified atom stereocenters. The van der Waals surface area contributed by atoms with Gasteiger partial charge in [-0.05, 0) is 62.9 Å². The van der Waals surface area contributed by atoms with Gasteiger partial charge in [0.2, 0.25) is 0 Å². The smallest absolute Gasteiger partial charge is 0.290 e. The maximum Gasteiger partial charge on any atom is 0.290 e. The zero-order valence-corrected chi connectivity index (χ0v) is 20.0. The lowest BCUT2D eigenvalue weighted by Crippen LogP contribution is -2.35. The SMILES string of the molecule is CCCCN(CCCC)CCCN1C(=O)C(O)=C(C(C)=O)C1c1ccc(C(C)C)cc1. The topological polar surface area (TPSA) is 60.9 Å². The van der Waals surface area contributed by atoms with Crippen LogP contribution in [0.15, 0.2) is 35.6 Å². The second kappa shape index (κ2) is 12.0. The van der Waals surface area contributed by atoms with Crippen LogP contribution in [0.5, 0.6) is 0 Å². The number of carbonyl (C=O) groups excluding carboxylic acids is 2. The summed E-state index contributed by atoms with van der Waals surface area (Å²) >= 11 is 0. The molecule has 1 amide bonds. The van der Waals surface area contributed by atoms with E-state index in [9.17, 15) is 14.7 Å². The van der Waals surface area contributed by atoms with Crippen molar-refractivity contribution in [3.05, 3.63) is 46.7 Å². The highest BCUT2D eigenvalue weighted by Gasteiger charge is 2.42. The molecule has 2 rings (SSSR count). The Hall–Kier alpha value is -2.14. The Bertz CT molecular complexity index is 759. The molecule has 5 nitrogen and oxygen atoms in total. The van der Waals surface area contributed by atoms with Crippen molar-refractivity contribution in [3.8, 4) is 0 Å². The van der Waals surface area contributed by atoms with Crippen LogP contribution in [-0.4, -0.2) is 52.8 Å². The molecule has 31 heavy (non-hydrogen) atoms. The van der Waals surface area contributed by atoms with Crippen LogP contribution in [0.3, 0.4) is 0 Å². The van der Waals surface area contributed by atoms with Crippen molar-refractivity contribution in [2.75, 3.05) is 26.2 Å². The molecule has 1 aliphatic heterocycles. The largest absolute Gasteiger partial charge is 0.503 e. The van der Waals surface area contributed by atoms with Gasteiger partial charge in [0.25, 0.3) is 5.91 Å². The van der Waals surface area contributed by atoms with Gasteiger partial charge in [-0.1, -0.05) is 64.8 Å². The Morgan fingerprint density at radius 2 is 1.58 bits per heavy atom. The molecule has 0 spiro atoms. The van der Waals surface area contributed by atoms with E-state index in [-0.39, 0.29) is 17.1 Å². The molecule has 0 saturated carbocycles. The number of unbranched alkanes of at least 4 members (excludes halogenated alkanes) is 2. The molecule has 1 N–H and O–H groups in total. The molecule has 0 aromatic heterocycles. The molecule has 172 valence electrons. The predicted molar refractivity (Wildman–Crippen MR) is 126 cm³/mol. The van der Waals surface area contributed by atoms with Gasteiger partial charge in [-0.15, -0.1) is 0 Å². The predicted octanol–water partition coefficient (Wildman–Crippen LogP) is 5.39. The highest BCUT2D eigenvalue weighted by Crippen LogP contribution is 2.38. The Morgan fingerprint density at radius 1 is 1.03 bits per heavy atom. The molecule has 1 aromatic carbocycles. The van der Waals surface area contributed by atoms with Crippen molar-refractivity contribution in [1.82, 2.24) is 9.80 Å². The second-order valence-electron chi connectivity index (χ2n) is 8.94. The summed E-state index contributed by atoms with van der Waals surface area (Å²) in [7, 11) is 0. The molecule has 1 heterocycles. The Balaban J connectivity index is 2.17. The van der Waals surface area contributed by atoms with Gasteiger partial charge in [0.15, 0.2) is 11.5 Å². The number of amides is 1. The second-order valence-corrected chi connectivity index (χ2v) is 8.94. The first kappa shape index (κ1) is 25.1. The highest BCUT2D eigenvalue weighted by atomic mass is 16.3. The number of hydrogen-bond acceptors (Lipinski definition) is 4.